The van der Waals surface area contributed by atoms with Crippen LogP contribution in [-0.2, 0) is 9.53 Å². The Balaban J connectivity index is 1.72. The number of ether oxygens (including phenoxy) is 1. The quantitative estimate of drug-likeness (QED) is 0.339. The van der Waals surface area contributed by atoms with Gasteiger partial charge in [-0.2, -0.15) is 0 Å². The van der Waals surface area contributed by atoms with Crippen molar-refractivity contribution < 1.29 is 19.2 Å². The number of nitrogens with one attached hydrogen (secondary N) is 1. The molecular weight excluding hydrogens is 384 g/mol. The predicted molar refractivity (Wildman–Crippen MR) is 114 cm³/mol. The highest BCUT2D eigenvalue weighted by molar-refractivity contribution is 5.93. The Labute approximate surface area is 173 Å². The van der Waals surface area contributed by atoms with Gasteiger partial charge in [0.15, 0.2) is 0 Å². The number of esters is 1. The highest BCUT2D eigenvalue weighted by Gasteiger charge is 2.22. The van der Waals surface area contributed by atoms with Gasteiger partial charge in [0.25, 0.3) is 0 Å². The highest BCUT2D eigenvalue weighted by Crippen LogP contribution is 2.25. The average molecular weight is 406 g/mol. The minimum absolute atomic E-state index is 0.0288. The molecule has 154 valence electrons. The molecule has 0 bridgehead atoms. The van der Waals surface area contributed by atoms with Crippen LogP contribution in [0.15, 0.2) is 66.7 Å². The average Bonchev–Trinajstić information content (AvgIpc) is 2.73. The molecule has 0 saturated heterocycles. The lowest BCUT2D eigenvalue weighted by atomic mass is 9.93. The third kappa shape index (κ3) is 5.41. The molecule has 7 heteroatoms. The van der Waals surface area contributed by atoms with Crippen LogP contribution >= 0.6 is 0 Å². The zero-order chi connectivity index (χ0) is 21.5. The maximum absolute atomic E-state index is 12.5. The summed E-state index contributed by atoms with van der Waals surface area (Å²) in [5.41, 5.74) is 1.64. The van der Waals surface area contributed by atoms with Crippen molar-refractivity contribution in [2.75, 3.05) is 18.5 Å². The first kappa shape index (κ1) is 21.0. The predicted octanol–water partition coefficient (Wildman–Crippen LogP) is 4.41. The van der Waals surface area contributed by atoms with Gasteiger partial charge in [0.2, 0.25) is 12.5 Å². The lowest BCUT2D eigenvalue weighted by Crippen LogP contribution is -2.20. The smallest absolute Gasteiger partial charge is 0.338 e. The van der Waals surface area contributed by atoms with Crippen molar-refractivity contribution in [3.05, 3.63) is 88.0 Å². The topological polar surface area (TPSA) is 98.5 Å². The van der Waals surface area contributed by atoms with E-state index in [0.717, 1.165) is 16.3 Å². The summed E-state index contributed by atoms with van der Waals surface area (Å²) < 4.78 is 4.93. The van der Waals surface area contributed by atoms with Gasteiger partial charge >= 0.3 is 5.97 Å². The summed E-state index contributed by atoms with van der Waals surface area (Å²) in [7, 11) is 0. The number of carbonyl (C=O) groups excluding carboxylic acids is 2. The van der Waals surface area contributed by atoms with E-state index >= 15 is 0 Å². The van der Waals surface area contributed by atoms with Crippen molar-refractivity contribution in [2.24, 2.45) is 0 Å². The van der Waals surface area contributed by atoms with E-state index in [1.807, 2.05) is 42.5 Å². The second-order valence-electron chi connectivity index (χ2n) is 6.87. The summed E-state index contributed by atoms with van der Waals surface area (Å²) in [6.45, 7) is 1.67. The molecule has 0 spiro atoms. The van der Waals surface area contributed by atoms with Gasteiger partial charge in [0, 0.05) is 17.0 Å². The Hall–Kier alpha value is -3.74. The Morgan fingerprint density at radius 2 is 1.73 bits per heavy atom. The van der Waals surface area contributed by atoms with Gasteiger partial charge in [-0.25, -0.2) is 4.79 Å². The summed E-state index contributed by atoms with van der Waals surface area (Å²) in [6, 6.07) is 19.7. The van der Waals surface area contributed by atoms with Gasteiger partial charge in [0.05, 0.1) is 18.1 Å². The summed E-state index contributed by atoms with van der Waals surface area (Å²) in [6.07, 6.45) is -0.0288. The molecule has 1 atom stereocenters. The lowest BCUT2D eigenvalue weighted by molar-refractivity contribution is -0.483. The number of rotatable bonds is 8. The van der Waals surface area contributed by atoms with Crippen LogP contribution < -0.4 is 5.32 Å². The third-order valence-corrected chi connectivity index (χ3v) is 4.73. The molecule has 1 amide bonds. The number of hydrogen-bond acceptors (Lipinski definition) is 5. The Bertz CT molecular complexity index is 1060. The molecule has 3 aromatic rings. The molecule has 1 N–H and O–H groups in total. The van der Waals surface area contributed by atoms with Crippen molar-refractivity contribution in [1.29, 1.82) is 0 Å². The van der Waals surface area contributed by atoms with E-state index < -0.39 is 16.8 Å². The van der Waals surface area contributed by atoms with Crippen LogP contribution in [0.1, 0.15) is 35.2 Å². The zero-order valence-corrected chi connectivity index (χ0v) is 16.5. The van der Waals surface area contributed by atoms with Gasteiger partial charge in [-0.3, -0.25) is 14.9 Å². The standard InChI is InChI=1S/C23H22N2O5/c1-2-30-23(27)17-9-11-21(12-10-17)24-22(26)14-20(15-25(28)29)19-8-7-16-5-3-4-6-18(16)13-19/h3-13,20H,2,14-15H2,1H3,(H,24,26). The summed E-state index contributed by atoms with van der Waals surface area (Å²) in [5, 5.41) is 15.9. The second-order valence-corrected chi connectivity index (χ2v) is 6.87. The Kier molecular flexibility index (Phi) is 6.75. The number of amides is 1. The molecule has 3 aromatic carbocycles. The van der Waals surface area contributed by atoms with Gasteiger partial charge in [0.1, 0.15) is 0 Å². The fourth-order valence-electron chi connectivity index (χ4n) is 3.27. The van der Waals surface area contributed by atoms with E-state index in [0.29, 0.717) is 11.3 Å². The fraction of sp³-hybridized carbons (Fsp3) is 0.217. The van der Waals surface area contributed by atoms with E-state index in [4.69, 9.17) is 4.74 Å². The molecule has 0 aliphatic carbocycles. The minimum atomic E-state index is -0.552. The molecule has 30 heavy (non-hydrogen) atoms. The molecule has 7 nitrogen and oxygen atoms in total. The molecule has 0 fully saturated rings. The van der Waals surface area contributed by atoms with Gasteiger partial charge < -0.3 is 10.1 Å². The number of anilines is 1. The van der Waals surface area contributed by atoms with Crippen LogP contribution in [0, 0.1) is 10.1 Å². The van der Waals surface area contributed by atoms with Crippen molar-refractivity contribution in [3.63, 3.8) is 0 Å². The zero-order valence-electron chi connectivity index (χ0n) is 16.5. The van der Waals surface area contributed by atoms with Crippen molar-refractivity contribution in [2.45, 2.75) is 19.3 Å². The molecule has 0 aromatic heterocycles. The van der Waals surface area contributed by atoms with E-state index in [1.54, 1.807) is 31.2 Å². The first-order valence-corrected chi connectivity index (χ1v) is 9.64. The number of nitro groups is 1. The molecular formula is C23H22N2O5. The molecule has 1 unspecified atom stereocenters. The van der Waals surface area contributed by atoms with E-state index in [9.17, 15) is 19.7 Å². The molecule has 0 radical (unpaired) electrons. The van der Waals surface area contributed by atoms with Gasteiger partial charge in [-0.05, 0) is 47.5 Å². The highest BCUT2D eigenvalue weighted by atomic mass is 16.6. The molecule has 3 rings (SSSR count). The van der Waals surface area contributed by atoms with Crippen molar-refractivity contribution >= 4 is 28.3 Å². The number of carbonyl (C=O) groups is 2. The van der Waals surface area contributed by atoms with E-state index in [-0.39, 0.29) is 25.5 Å². The van der Waals surface area contributed by atoms with Crippen LogP contribution in [0.25, 0.3) is 10.8 Å². The van der Waals surface area contributed by atoms with E-state index in [1.165, 1.54) is 0 Å². The van der Waals surface area contributed by atoms with Gasteiger partial charge in [-0.15, -0.1) is 0 Å². The summed E-state index contributed by atoms with van der Waals surface area (Å²) in [4.78, 5) is 35.0. The van der Waals surface area contributed by atoms with Crippen molar-refractivity contribution in [3.8, 4) is 0 Å². The normalized spacial score (nSPS) is 11.6. The molecule has 0 aliphatic rings. The van der Waals surface area contributed by atoms with Gasteiger partial charge in [-0.1, -0.05) is 42.5 Å². The van der Waals surface area contributed by atoms with Crippen molar-refractivity contribution in [1.82, 2.24) is 0 Å². The minimum Gasteiger partial charge on any atom is -0.462 e. The van der Waals surface area contributed by atoms with Crippen LogP contribution in [0.2, 0.25) is 0 Å². The van der Waals surface area contributed by atoms with Crippen LogP contribution in [0.5, 0.6) is 0 Å². The molecule has 0 saturated carbocycles. The Morgan fingerprint density at radius 3 is 2.40 bits per heavy atom. The second kappa shape index (κ2) is 9.65. The Morgan fingerprint density at radius 1 is 1.03 bits per heavy atom. The van der Waals surface area contributed by atoms with Crippen LogP contribution in [0.4, 0.5) is 5.69 Å². The summed E-state index contributed by atoms with van der Waals surface area (Å²) >= 11 is 0. The maximum atomic E-state index is 12.5. The number of benzene rings is 3. The number of fused-ring (bicyclic) bond motifs is 1. The van der Waals surface area contributed by atoms with Crippen LogP contribution in [-0.4, -0.2) is 30.0 Å². The first-order valence-electron chi connectivity index (χ1n) is 9.64. The summed E-state index contributed by atoms with van der Waals surface area (Å²) in [5.74, 6) is -1.32. The number of hydrogen-bond donors (Lipinski definition) is 1. The third-order valence-electron chi connectivity index (χ3n) is 4.73. The maximum Gasteiger partial charge on any atom is 0.338 e. The largest absolute Gasteiger partial charge is 0.462 e. The first-order chi connectivity index (χ1) is 14.5. The van der Waals surface area contributed by atoms with E-state index in [2.05, 4.69) is 5.32 Å². The monoisotopic (exact) mass is 406 g/mol. The molecule has 0 aliphatic heterocycles. The lowest BCUT2D eigenvalue weighted by Gasteiger charge is -2.14. The fourth-order valence-corrected chi connectivity index (χ4v) is 3.27. The molecule has 0 heterocycles. The van der Waals surface area contributed by atoms with Crippen LogP contribution in [0.3, 0.4) is 0 Å². The SMILES string of the molecule is CCOC(=O)c1ccc(NC(=O)CC(C[N+](=O)[O-])c2ccc3ccccc3c2)cc1. The number of nitrogens with zero attached hydrogens (tertiary/aromatic N) is 1.